The second-order valence-electron chi connectivity index (χ2n) is 2.38. The van der Waals surface area contributed by atoms with Gasteiger partial charge in [-0.1, -0.05) is 15.9 Å². The molecular weight excluding hydrogens is 258 g/mol. The molecule has 0 saturated heterocycles. The van der Waals surface area contributed by atoms with Crippen LogP contribution in [0.4, 0.5) is 4.39 Å². The topological polar surface area (TPSA) is 40.5 Å². The Morgan fingerprint density at radius 2 is 2.08 bits per heavy atom. The predicted molar refractivity (Wildman–Crippen MR) is 55.7 cm³/mol. The fraction of sp³-hybridized carbons (Fsp3) is 0.143. The van der Waals surface area contributed by atoms with Gasteiger partial charge in [0.25, 0.3) is 0 Å². The minimum Gasteiger partial charge on any atom is -0.423 e. The summed E-state index contributed by atoms with van der Waals surface area (Å²) in [7, 11) is -1.79. The van der Waals surface area contributed by atoms with E-state index in [2.05, 4.69) is 15.9 Å². The van der Waals surface area contributed by atoms with Gasteiger partial charge in [-0.3, -0.25) is 0 Å². The van der Waals surface area contributed by atoms with Crippen molar-refractivity contribution in [1.29, 1.82) is 0 Å². The first kappa shape index (κ1) is 11.0. The minimum atomic E-state index is -1.79. The number of benzene rings is 1. The van der Waals surface area contributed by atoms with E-state index in [-0.39, 0.29) is 5.46 Å². The zero-order valence-electron chi connectivity index (χ0n) is 6.79. The third-order valence-corrected chi connectivity index (χ3v) is 2.91. The van der Waals surface area contributed by atoms with Gasteiger partial charge in [0.05, 0.1) is 0 Å². The molecule has 0 aliphatic heterocycles. The van der Waals surface area contributed by atoms with Gasteiger partial charge in [0.2, 0.25) is 0 Å². The summed E-state index contributed by atoms with van der Waals surface area (Å²) in [4.78, 5) is 0.730. The van der Waals surface area contributed by atoms with Crippen molar-refractivity contribution in [2.24, 2.45) is 0 Å². The van der Waals surface area contributed by atoms with Gasteiger partial charge in [-0.2, -0.15) is 0 Å². The zero-order chi connectivity index (χ0) is 10.0. The lowest BCUT2D eigenvalue weighted by Gasteiger charge is -2.06. The summed E-state index contributed by atoms with van der Waals surface area (Å²) < 4.78 is 13.6. The van der Waals surface area contributed by atoms with Gasteiger partial charge in [0.15, 0.2) is 0 Å². The van der Waals surface area contributed by atoms with Gasteiger partial charge >= 0.3 is 7.12 Å². The first-order chi connectivity index (χ1) is 6.06. The molecule has 1 rings (SSSR count). The second-order valence-corrected chi connectivity index (χ2v) is 4.11. The molecule has 1 aromatic carbocycles. The van der Waals surface area contributed by atoms with Crippen molar-refractivity contribution in [2.45, 2.75) is 4.90 Å². The smallest absolute Gasteiger partial charge is 0.423 e. The number of halogens is 2. The molecule has 0 heterocycles. The van der Waals surface area contributed by atoms with Gasteiger partial charge in [-0.15, -0.1) is 11.8 Å². The van der Waals surface area contributed by atoms with Crippen LogP contribution < -0.4 is 5.46 Å². The molecule has 13 heavy (non-hydrogen) atoms. The molecule has 2 N–H and O–H groups in total. The van der Waals surface area contributed by atoms with Crippen molar-refractivity contribution < 1.29 is 14.4 Å². The summed E-state index contributed by atoms with van der Waals surface area (Å²) in [5, 5.41) is 17.7. The van der Waals surface area contributed by atoms with E-state index in [9.17, 15) is 4.39 Å². The maximum absolute atomic E-state index is 13.2. The summed E-state index contributed by atoms with van der Waals surface area (Å²) in [5.74, 6) is -0.617. The molecule has 0 unspecified atom stereocenters. The van der Waals surface area contributed by atoms with Crippen molar-refractivity contribution >= 4 is 40.3 Å². The normalized spacial score (nSPS) is 10.2. The highest BCUT2D eigenvalue weighted by Crippen LogP contribution is 2.20. The Kier molecular flexibility index (Phi) is 3.79. The van der Waals surface area contributed by atoms with Crippen LogP contribution in [0.5, 0.6) is 0 Å². The number of rotatable bonds is 2. The van der Waals surface area contributed by atoms with Crippen LogP contribution >= 0.6 is 27.7 Å². The fourth-order valence-electron chi connectivity index (χ4n) is 0.926. The Hall–Kier alpha value is -0.0351. The molecule has 1 aromatic rings. The van der Waals surface area contributed by atoms with E-state index in [0.717, 1.165) is 4.90 Å². The molecule has 0 spiro atoms. The highest BCUT2D eigenvalue weighted by atomic mass is 79.9. The van der Waals surface area contributed by atoms with E-state index in [1.165, 1.54) is 17.8 Å². The quantitative estimate of drug-likeness (QED) is 0.618. The van der Waals surface area contributed by atoms with E-state index in [1.54, 1.807) is 6.07 Å². The van der Waals surface area contributed by atoms with E-state index in [4.69, 9.17) is 10.0 Å². The first-order valence-corrected chi connectivity index (χ1v) is 5.47. The molecule has 0 aliphatic rings. The molecule has 70 valence electrons. The summed E-state index contributed by atoms with van der Waals surface area (Å²) in [6, 6.07) is 2.91. The molecule has 6 heteroatoms. The maximum atomic E-state index is 13.2. The Balaban J connectivity index is 3.23. The van der Waals surface area contributed by atoms with Crippen LogP contribution in [0.25, 0.3) is 0 Å². The van der Waals surface area contributed by atoms with E-state index >= 15 is 0 Å². The predicted octanol–water partition coefficient (Wildman–Crippen LogP) is 0.990. The van der Waals surface area contributed by atoms with E-state index in [0.29, 0.717) is 4.47 Å². The third-order valence-electron chi connectivity index (χ3n) is 1.55. The third kappa shape index (κ3) is 2.46. The number of thioether (sulfide) groups is 1. The van der Waals surface area contributed by atoms with Crippen LogP contribution in [0, 0.1) is 5.82 Å². The van der Waals surface area contributed by atoms with Gasteiger partial charge in [0, 0.05) is 14.8 Å². The Morgan fingerprint density at radius 3 is 2.46 bits per heavy atom. The molecule has 0 fully saturated rings. The molecule has 0 saturated carbocycles. The summed E-state index contributed by atoms with van der Waals surface area (Å²) in [6.07, 6.45) is 1.82. The van der Waals surface area contributed by atoms with Crippen LogP contribution in [0.2, 0.25) is 0 Å². The van der Waals surface area contributed by atoms with Crippen molar-refractivity contribution in [1.82, 2.24) is 0 Å². The van der Waals surface area contributed by atoms with Gasteiger partial charge in [-0.25, -0.2) is 4.39 Å². The average Bonchev–Trinajstić information content (AvgIpc) is 2.02. The van der Waals surface area contributed by atoms with E-state index < -0.39 is 12.9 Å². The Morgan fingerprint density at radius 1 is 1.46 bits per heavy atom. The molecule has 0 aromatic heterocycles. The standard InChI is InChI=1S/C7H7BBrFO2S/c1-13-4-2-5(9)7(8(11)12)6(10)3-4/h2-3,11-12H,1H3. The molecular formula is C7H7BBrFO2S. The highest BCUT2D eigenvalue weighted by molar-refractivity contribution is 9.10. The Labute approximate surface area is 88.4 Å². The van der Waals surface area contributed by atoms with Crippen molar-refractivity contribution in [3.63, 3.8) is 0 Å². The van der Waals surface area contributed by atoms with E-state index in [1.807, 2.05) is 6.26 Å². The molecule has 0 aliphatic carbocycles. The summed E-state index contributed by atoms with van der Waals surface area (Å²) in [6.45, 7) is 0. The largest absolute Gasteiger partial charge is 0.492 e. The molecule has 0 atom stereocenters. The van der Waals surface area contributed by atoms with Crippen LogP contribution in [0.3, 0.4) is 0 Å². The Bertz CT molecular complexity index is 298. The first-order valence-electron chi connectivity index (χ1n) is 3.45. The van der Waals surface area contributed by atoms with Crippen LogP contribution in [-0.4, -0.2) is 23.4 Å². The number of hydrogen-bond donors (Lipinski definition) is 2. The lowest BCUT2D eigenvalue weighted by atomic mass is 9.80. The molecule has 0 bridgehead atoms. The van der Waals surface area contributed by atoms with Gasteiger partial charge in [-0.05, 0) is 18.4 Å². The average molecular weight is 265 g/mol. The second kappa shape index (κ2) is 4.46. The molecule has 0 radical (unpaired) electrons. The zero-order valence-corrected chi connectivity index (χ0v) is 9.19. The number of hydrogen-bond acceptors (Lipinski definition) is 3. The molecule has 2 nitrogen and oxygen atoms in total. The SMILES string of the molecule is CSc1cc(F)c(B(O)O)c(Br)c1. The monoisotopic (exact) mass is 264 g/mol. The van der Waals surface area contributed by atoms with Crippen molar-refractivity contribution in [3.05, 3.63) is 22.4 Å². The van der Waals surface area contributed by atoms with Gasteiger partial charge < -0.3 is 10.0 Å². The summed E-state index contributed by atoms with van der Waals surface area (Å²) in [5.41, 5.74) is -0.127. The summed E-state index contributed by atoms with van der Waals surface area (Å²) >= 11 is 4.45. The van der Waals surface area contributed by atoms with Crippen LogP contribution in [-0.2, 0) is 0 Å². The maximum Gasteiger partial charge on any atom is 0.492 e. The van der Waals surface area contributed by atoms with Crippen LogP contribution in [0.1, 0.15) is 0 Å². The molecule has 0 amide bonds. The highest BCUT2D eigenvalue weighted by Gasteiger charge is 2.20. The fourth-order valence-corrected chi connectivity index (χ4v) is 2.17. The van der Waals surface area contributed by atoms with Crippen molar-refractivity contribution in [2.75, 3.05) is 6.26 Å². The van der Waals surface area contributed by atoms with Gasteiger partial charge in [0.1, 0.15) is 5.82 Å². The lowest BCUT2D eigenvalue weighted by Crippen LogP contribution is -2.34. The van der Waals surface area contributed by atoms with Crippen molar-refractivity contribution in [3.8, 4) is 0 Å². The minimum absolute atomic E-state index is 0.127. The lowest BCUT2D eigenvalue weighted by molar-refractivity contribution is 0.422. The van der Waals surface area contributed by atoms with Crippen LogP contribution in [0.15, 0.2) is 21.5 Å².